The van der Waals surface area contributed by atoms with Gasteiger partial charge in [0.05, 0.1) is 18.4 Å². The SMILES string of the molecule is CCOC(=O)c1cccc(-c2ccc(/C=N\NC(=O)c3ccc(C)cc3)o2)c1. The third-order valence-electron chi connectivity index (χ3n) is 3.96. The molecule has 0 radical (unpaired) electrons. The third kappa shape index (κ3) is 4.73. The van der Waals surface area contributed by atoms with Gasteiger partial charge in [-0.3, -0.25) is 4.79 Å². The van der Waals surface area contributed by atoms with Crippen LogP contribution in [0.15, 0.2) is 70.2 Å². The number of benzene rings is 2. The van der Waals surface area contributed by atoms with E-state index in [0.29, 0.717) is 29.3 Å². The lowest BCUT2D eigenvalue weighted by atomic mass is 10.1. The van der Waals surface area contributed by atoms with Crippen molar-refractivity contribution < 1.29 is 18.7 Å². The molecule has 1 aromatic heterocycles. The van der Waals surface area contributed by atoms with Crippen LogP contribution in [0.1, 0.15) is 39.0 Å². The van der Waals surface area contributed by atoms with E-state index in [1.807, 2.05) is 25.1 Å². The summed E-state index contributed by atoms with van der Waals surface area (Å²) in [4.78, 5) is 23.9. The molecule has 0 spiro atoms. The van der Waals surface area contributed by atoms with Crippen LogP contribution in [0.4, 0.5) is 0 Å². The lowest BCUT2D eigenvalue weighted by Gasteiger charge is -2.03. The lowest BCUT2D eigenvalue weighted by Crippen LogP contribution is -2.17. The van der Waals surface area contributed by atoms with Gasteiger partial charge >= 0.3 is 5.97 Å². The second-order valence-electron chi connectivity index (χ2n) is 6.07. The Morgan fingerprint density at radius 2 is 1.86 bits per heavy atom. The molecule has 0 fully saturated rings. The molecule has 0 aliphatic carbocycles. The number of hydrazone groups is 1. The zero-order chi connectivity index (χ0) is 19.9. The van der Waals surface area contributed by atoms with Crippen molar-refractivity contribution in [3.63, 3.8) is 0 Å². The summed E-state index contributed by atoms with van der Waals surface area (Å²) in [6, 6.07) is 17.7. The number of rotatable bonds is 6. The van der Waals surface area contributed by atoms with E-state index >= 15 is 0 Å². The maximum absolute atomic E-state index is 12.0. The summed E-state index contributed by atoms with van der Waals surface area (Å²) in [5.41, 5.74) is 5.27. The fourth-order valence-corrected chi connectivity index (χ4v) is 2.52. The van der Waals surface area contributed by atoms with E-state index in [-0.39, 0.29) is 11.9 Å². The molecule has 1 heterocycles. The number of furan rings is 1. The number of esters is 1. The fraction of sp³-hybridized carbons (Fsp3) is 0.136. The number of hydrogen-bond donors (Lipinski definition) is 1. The van der Waals surface area contributed by atoms with Gasteiger partial charge < -0.3 is 9.15 Å². The molecule has 6 nitrogen and oxygen atoms in total. The minimum absolute atomic E-state index is 0.301. The Hall–Kier alpha value is -3.67. The molecule has 0 bridgehead atoms. The van der Waals surface area contributed by atoms with Crippen molar-refractivity contribution in [1.82, 2.24) is 5.43 Å². The summed E-state index contributed by atoms with van der Waals surface area (Å²) < 4.78 is 10.7. The van der Waals surface area contributed by atoms with Crippen molar-refractivity contribution in [2.75, 3.05) is 6.61 Å². The zero-order valence-electron chi connectivity index (χ0n) is 15.6. The first kappa shape index (κ1) is 19.1. The van der Waals surface area contributed by atoms with Crippen LogP contribution in [0.25, 0.3) is 11.3 Å². The van der Waals surface area contributed by atoms with Crippen LogP contribution in [0.2, 0.25) is 0 Å². The summed E-state index contributed by atoms with van der Waals surface area (Å²) in [6.07, 6.45) is 1.42. The third-order valence-corrected chi connectivity index (χ3v) is 3.96. The minimum Gasteiger partial charge on any atom is -0.462 e. The van der Waals surface area contributed by atoms with Gasteiger partial charge in [0.1, 0.15) is 11.5 Å². The average Bonchev–Trinajstić information content (AvgIpc) is 3.18. The van der Waals surface area contributed by atoms with Gasteiger partial charge in [-0.25, -0.2) is 10.2 Å². The van der Waals surface area contributed by atoms with Crippen LogP contribution >= 0.6 is 0 Å². The highest BCUT2D eigenvalue weighted by Gasteiger charge is 2.10. The monoisotopic (exact) mass is 376 g/mol. The Labute approximate surface area is 162 Å². The highest BCUT2D eigenvalue weighted by molar-refractivity contribution is 5.94. The van der Waals surface area contributed by atoms with Gasteiger partial charge in [-0.2, -0.15) is 5.10 Å². The molecule has 3 rings (SSSR count). The summed E-state index contributed by atoms with van der Waals surface area (Å²) in [6.45, 7) is 4.03. The van der Waals surface area contributed by atoms with Crippen molar-refractivity contribution in [2.45, 2.75) is 13.8 Å². The lowest BCUT2D eigenvalue weighted by molar-refractivity contribution is 0.0526. The molecule has 1 N–H and O–H groups in total. The van der Waals surface area contributed by atoms with E-state index in [1.165, 1.54) is 6.21 Å². The molecular weight excluding hydrogens is 356 g/mol. The summed E-state index contributed by atoms with van der Waals surface area (Å²) >= 11 is 0. The van der Waals surface area contributed by atoms with Crippen LogP contribution in [0, 0.1) is 6.92 Å². The number of ether oxygens (including phenoxy) is 1. The van der Waals surface area contributed by atoms with Crippen LogP contribution < -0.4 is 5.43 Å². The van der Waals surface area contributed by atoms with Crippen LogP contribution in [-0.2, 0) is 4.74 Å². The van der Waals surface area contributed by atoms with Gasteiger partial charge in [0.2, 0.25) is 0 Å². The topological polar surface area (TPSA) is 80.9 Å². The normalized spacial score (nSPS) is 10.8. The molecule has 6 heteroatoms. The van der Waals surface area contributed by atoms with E-state index in [4.69, 9.17) is 9.15 Å². The Bertz CT molecular complexity index is 1000. The van der Waals surface area contributed by atoms with Crippen LogP contribution in [0.3, 0.4) is 0 Å². The molecule has 0 saturated heterocycles. The Balaban J connectivity index is 1.66. The minimum atomic E-state index is -0.378. The number of hydrogen-bond acceptors (Lipinski definition) is 5. The molecule has 28 heavy (non-hydrogen) atoms. The Morgan fingerprint density at radius 3 is 2.61 bits per heavy atom. The highest BCUT2D eigenvalue weighted by atomic mass is 16.5. The standard InChI is InChI=1S/C22H20N2O4/c1-3-27-22(26)18-6-4-5-17(13-18)20-12-11-19(28-20)14-23-24-21(25)16-9-7-15(2)8-10-16/h4-14H,3H2,1-2H3,(H,24,25)/b23-14-. The highest BCUT2D eigenvalue weighted by Crippen LogP contribution is 2.23. The molecule has 142 valence electrons. The molecule has 2 aromatic carbocycles. The van der Waals surface area contributed by atoms with Gasteiger partial charge in [0.15, 0.2) is 0 Å². The quantitative estimate of drug-likeness (QED) is 0.397. The van der Waals surface area contributed by atoms with Gasteiger partial charge in [0, 0.05) is 11.1 Å². The maximum atomic E-state index is 12.0. The molecule has 0 aliphatic heterocycles. The molecule has 0 atom stereocenters. The number of carbonyl (C=O) groups excluding carboxylic acids is 2. The summed E-state index contributed by atoms with van der Waals surface area (Å²) in [7, 11) is 0. The predicted molar refractivity (Wildman–Crippen MR) is 106 cm³/mol. The van der Waals surface area contributed by atoms with E-state index in [9.17, 15) is 9.59 Å². The van der Waals surface area contributed by atoms with E-state index < -0.39 is 0 Å². The van der Waals surface area contributed by atoms with Gasteiger partial charge in [-0.1, -0.05) is 29.8 Å². The van der Waals surface area contributed by atoms with Crippen molar-refractivity contribution in [2.24, 2.45) is 5.10 Å². The molecule has 0 unspecified atom stereocenters. The van der Waals surface area contributed by atoms with E-state index in [0.717, 1.165) is 11.1 Å². The molecule has 1 amide bonds. The first-order valence-electron chi connectivity index (χ1n) is 8.84. The van der Waals surface area contributed by atoms with Crippen molar-refractivity contribution in [1.29, 1.82) is 0 Å². The Morgan fingerprint density at radius 1 is 1.07 bits per heavy atom. The summed E-state index contributed by atoms with van der Waals surface area (Å²) in [5.74, 6) is 0.375. The van der Waals surface area contributed by atoms with Gasteiger partial charge in [0.25, 0.3) is 5.91 Å². The van der Waals surface area contributed by atoms with Crippen molar-refractivity contribution in [3.05, 3.63) is 83.1 Å². The maximum Gasteiger partial charge on any atom is 0.338 e. The first-order valence-corrected chi connectivity index (χ1v) is 8.84. The second-order valence-corrected chi connectivity index (χ2v) is 6.07. The number of carbonyl (C=O) groups is 2. The zero-order valence-corrected chi connectivity index (χ0v) is 15.6. The number of aryl methyl sites for hydroxylation is 1. The fourth-order valence-electron chi connectivity index (χ4n) is 2.52. The predicted octanol–water partition coefficient (Wildman–Crippen LogP) is 4.20. The first-order chi connectivity index (χ1) is 13.6. The van der Waals surface area contributed by atoms with Crippen LogP contribution in [-0.4, -0.2) is 24.7 Å². The van der Waals surface area contributed by atoms with Crippen LogP contribution in [0.5, 0.6) is 0 Å². The molecule has 3 aromatic rings. The average molecular weight is 376 g/mol. The van der Waals surface area contributed by atoms with Gasteiger partial charge in [-0.05, 0) is 50.2 Å². The Kier molecular flexibility index (Phi) is 6.01. The number of nitrogens with zero attached hydrogens (tertiary/aromatic N) is 1. The second kappa shape index (κ2) is 8.81. The molecule has 0 aliphatic rings. The molecular formula is C22H20N2O4. The van der Waals surface area contributed by atoms with Crippen molar-refractivity contribution >= 4 is 18.1 Å². The summed E-state index contributed by atoms with van der Waals surface area (Å²) in [5, 5.41) is 3.93. The smallest absolute Gasteiger partial charge is 0.338 e. The van der Waals surface area contributed by atoms with Gasteiger partial charge in [-0.15, -0.1) is 0 Å². The largest absolute Gasteiger partial charge is 0.462 e. The number of nitrogens with one attached hydrogen (secondary N) is 1. The van der Waals surface area contributed by atoms with Crippen molar-refractivity contribution in [3.8, 4) is 11.3 Å². The number of amides is 1. The van der Waals surface area contributed by atoms with E-state index in [2.05, 4.69) is 10.5 Å². The molecule has 0 saturated carbocycles. The van der Waals surface area contributed by atoms with E-state index in [1.54, 1.807) is 49.4 Å².